The summed E-state index contributed by atoms with van der Waals surface area (Å²) in [5, 5.41) is 0.581. The van der Waals surface area contributed by atoms with Crippen LogP contribution in [0.4, 0.5) is 0 Å². The summed E-state index contributed by atoms with van der Waals surface area (Å²) in [5.74, 6) is 0.562. The molecule has 3 heterocycles. The monoisotopic (exact) mass is 636 g/mol. The fourth-order valence-corrected chi connectivity index (χ4v) is 5.96. The number of hydrogen-bond acceptors (Lipinski definition) is 10. The molecule has 0 amide bonds. The van der Waals surface area contributed by atoms with Crippen molar-refractivity contribution in [2.24, 2.45) is 4.99 Å². The van der Waals surface area contributed by atoms with E-state index in [0.29, 0.717) is 55.2 Å². The molecule has 0 saturated heterocycles. The second-order valence-corrected chi connectivity index (χ2v) is 11.0. The number of fused-ring (bicyclic) bond motifs is 1. The molecule has 4 aromatic rings. The second-order valence-electron chi connectivity index (χ2n) is 9.52. The zero-order valence-corrected chi connectivity index (χ0v) is 26.0. The van der Waals surface area contributed by atoms with Crippen LogP contribution in [0.3, 0.4) is 0 Å². The van der Waals surface area contributed by atoms with Gasteiger partial charge in [0.1, 0.15) is 11.5 Å². The van der Waals surface area contributed by atoms with E-state index in [0.717, 1.165) is 5.56 Å². The summed E-state index contributed by atoms with van der Waals surface area (Å²) in [6.45, 7) is 5.35. The Kier molecular flexibility index (Phi) is 9.36. The maximum atomic E-state index is 14.0. The Hall–Kier alpha value is -4.61. The van der Waals surface area contributed by atoms with E-state index in [1.165, 1.54) is 23.0 Å². The number of thiazole rings is 1. The van der Waals surface area contributed by atoms with Crippen LogP contribution in [-0.2, 0) is 19.1 Å². The van der Waals surface area contributed by atoms with Crippen LogP contribution in [-0.4, -0.2) is 43.4 Å². The molecule has 0 N–H and O–H groups in total. The van der Waals surface area contributed by atoms with E-state index in [9.17, 15) is 14.4 Å². The number of methoxy groups -OCH3 is 1. The first kappa shape index (κ1) is 30.8. The molecule has 0 fully saturated rings. The lowest BCUT2D eigenvalue weighted by Gasteiger charge is -2.25. The van der Waals surface area contributed by atoms with Crippen LogP contribution in [0.2, 0.25) is 5.02 Å². The van der Waals surface area contributed by atoms with Gasteiger partial charge in [-0.05, 0) is 62.7 Å². The summed E-state index contributed by atoms with van der Waals surface area (Å²) in [5.41, 5.74) is 1.64. The molecule has 0 aliphatic carbocycles. The Morgan fingerprint density at radius 3 is 2.61 bits per heavy atom. The van der Waals surface area contributed by atoms with E-state index in [-0.39, 0.29) is 24.3 Å². The molecule has 0 radical (unpaired) electrons. The van der Waals surface area contributed by atoms with Gasteiger partial charge in [-0.3, -0.25) is 9.36 Å². The molecule has 12 heteroatoms. The van der Waals surface area contributed by atoms with Gasteiger partial charge in [0.2, 0.25) is 0 Å². The molecule has 5 rings (SSSR count). The number of rotatable bonds is 10. The molecule has 0 spiro atoms. The zero-order valence-electron chi connectivity index (χ0n) is 24.4. The summed E-state index contributed by atoms with van der Waals surface area (Å²) in [6, 6.07) is 15.0. The van der Waals surface area contributed by atoms with Crippen molar-refractivity contribution in [1.82, 2.24) is 4.57 Å². The average molecular weight is 637 g/mol. The number of ether oxygens (including phenoxy) is 4. The smallest absolute Gasteiger partial charge is 0.343 e. The average Bonchev–Trinajstić information content (AvgIpc) is 3.60. The molecule has 1 aliphatic heterocycles. The molecule has 0 saturated carbocycles. The molecule has 0 bridgehead atoms. The van der Waals surface area contributed by atoms with Crippen LogP contribution in [0.15, 0.2) is 80.1 Å². The second kappa shape index (κ2) is 13.4. The lowest BCUT2D eigenvalue weighted by Crippen LogP contribution is -2.40. The predicted octanol–water partition coefficient (Wildman–Crippen LogP) is 4.66. The van der Waals surface area contributed by atoms with Crippen molar-refractivity contribution in [1.29, 1.82) is 0 Å². The number of halogens is 1. The van der Waals surface area contributed by atoms with Crippen molar-refractivity contribution in [3.63, 3.8) is 0 Å². The number of carbonyl (C=O) groups excluding carboxylic acids is 2. The summed E-state index contributed by atoms with van der Waals surface area (Å²) in [6.07, 6.45) is 1.65. The number of aromatic nitrogens is 1. The number of allylic oxidation sites excluding steroid dienone is 1. The number of carbonyl (C=O) groups is 2. The molecule has 0 unspecified atom stereocenters. The van der Waals surface area contributed by atoms with Crippen LogP contribution in [0, 0.1) is 0 Å². The van der Waals surface area contributed by atoms with Crippen LogP contribution < -0.4 is 24.4 Å². The maximum Gasteiger partial charge on any atom is 0.343 e. The first-order valence-electron chi connectivity index (χ1n) is 13.8. The first-order valence-corrected chi connectivity index (χ1v) is 14.9. The van der Waals surface area contributed by atoms with Gasteiger partial charge in [-0.25, -0.2) is 14.6 Å². The van der Waals surface area contributed by atoms with Crippen LogP contribution in [0.1, 0.15) is 38.1 Å². The highest BCUT2D eigenvalue weighted by atomic mass is 35.5. The molecular weight excluding hydrogens is 608 g/mol. The van der Waals surface area contributed by atoms with Crippen molar-refractivity contribution >= 4 is 41.0 Å². The Balaban J connectivity index is 1.62. The van der Waals surface area contributed by atoms with Crippen molar-refractivity contribution in [2.45, 2.75) is 26.8 Å². The molecule has 44 heavy (non-hydrogen) atoms. The van der Waals surface area contributed by atoms with Gasteiger partial charge in [-0.15, -0.1) is 0 Å². The highest BCUT2D eigenvalue weighted by molar-refractivity contribution is 7.07. The van der Waals surface area contributed by atoms with Crippen molar-refractivity contribution in [3.8, 4) is 22.8 Å². The highest BCUT2D eigenvalue weighted by Gasteiger charge is 2.34. The predicted molar refractivity (Wildman–Crippen MR) is 165 cm³/mol. The van der Waals surface area contributed by atoms with E-state index in [4.69, 9.17) is 30.2 Å². The van der Waals surface area contributed by atoms with Crippen LogP contribution in [0.25, 0.3) is 17.4 Å². The highest BCUT2D eigenvalue weighted by Crippen LogP contribution is 2.36. The molecule has 2 aromatic heterocycles. The zero-order chi connectivity index (χ0) is 31.4. The van der Waals surface area contributed by atoms with Gasteiger partial charge < -0.3 is 23.4 Å². The molecular formula is C32H29ClN2O8S. The van der Waals surface area contributed by atoms with Crippen molar-refractivity contribution in [3.05, 3.63) is 102 Å². The third-order valence-electron chi connectivity index (χ3n) is 6.68. The number of furan rings is 1. The largest absolute Gasteiger partial charge is 0.490 e. The van der Waals surface area contributed by atoms with Crippen molar-refractivity contribution in [2.75, 3.05) is 26.9 Å². The Morgan fingerprint density at radius 2 is 1.89 bits per heavy atom. The third-order valence-corrected chi connectivity index (χ3v) is 7.90. The van der Waals surface area contributed by atoms with Gasteiger partial charge in [-0.1, -0.05) is 41.1 Å². The topological polar surface area (TPSA) is 119 Å². The van der Waals surface area contributed by atoms with Gasteiger partial charge in [-0.2, -0.15) is 0 Å². The quantitative estimate of drug-likeness (QED) is 0.231. The lowest BCUT2D eigenvalue weighted by atomic mass is 9.95. The summed E-state index contributed by atoms with van der Waals surface area (Å²) in [7, 11) is 1.27. The van der Waals surface area contributed by atoms with Gasteiger partial charge in [0.15, 0.2) is 22.9 Å². The molecule has 2 aromatic carbocycles. The first-order chi connectivity index (χ1) is 21.2. The minimum atomic E-state index is -0.875. The molecule has 1 aliphatic rings. The Bertz CT molecular complexity index is 1940. The number of nitrogens with zero attached hydrogens (tertiary/aromatic N) is 2. The van der Waals surface area contributed by atoms with Gasteiger partial charge in [0.05, 0.1) is 42.2 Å². The van der Waals surface area contributed by atoms with Gasteiger partial charge >= 0.3 is 11.9 Å². The summed E-state index contributed by atoms with van der Waals surface area (Å²) < 4.78 is 29.3. The molecule has 1 atom stereocenters. The SMILES string of the molecule is CCOC(=O)C1=C(C)N=c2s/c(=C\c3ccc(-c4cccc(Cl)c4)o3)c(=O)n2[C@H]1c1ccc(OCC(=O)OC)c(OCC)c1. The standard InChI is InChI=1S/C32H29ClN2O8S/c1-5-40-25-15-20(10-12-24(25)42-17-27(36)39-4)29-28(31(38)41-6-2)18(3)34-32-35(29)30(37)26(44-32)16-22-11-13-23(43-22)19-8-7-9-21(33)14-19/h7-16,29H,5-6,17H2,1-4H3/b26-16-/t29-/m0/s1. The van der Waals surface area contributed by atoms with E-state index in [2.05, 4.69) is 9.73 Å². The third kappa shape index (κ3) is 6.34. The number of benzene rings is 2. The summed E-state index contributed by atoms with van der Waals surface area (Å²) >= 11 is 7.32. The lowest BCUT2D eigenvalue weighted by molar-refractivity contribution is -0.143. The van der Waals surface area contributed by atoms with Gasteiger partial charge in [0, 0.05) is 16.7 Å². The molecule has 228 valence electrons. The Morgan fingerprint density at radius 1 is 1.07 bits per heavy atom. The number of hydrogen-bond donors (Lipinski definition) is 0. The van der Waals surface area contributed by atoms with E-state index in [1.807, 2.05) is 12.1 Å². The minimum absolute atomic E-state index is 0.144. The molecule has 10 nitrogen and oxygen atoms in total. The summed E-state index contributed by atoms with van der Waals surface area (Å²) in [4.78, 5) is 43.9. The van der Waals surface area contributed by atoms with E-state index in [1.54, 1.807) is 69.3 Å². The normalized spacial score (nSPS) is 14.6. The van der Waals surface area contributed by atoms with Gasteiger partial charge in [0.25, 0.3) is 5.56 Å². The minimum Gasteiger partial charge on any atom is -0.490 e. The number of esters is 2. The maximum absolute atomic E-state index is 14.0. The van der Waals surface area contributed by atoms with Crippen LogP contribution in [0.5, 0.6) is 11.5 Å². The fraction of sp³-hybridized carbons (Fsp3) is 0.250. The van der Waals surface area contributed by atoms with E-state index >= 15 is 0 Å². The van der Waals surface area contributed by atoms with Crippen molar-refractivity contribution < 1.29 is 33.0 Å². The Labute approximate surface area is 261 Å². The fourth-order valence-electron chi connectivity index (χ4n) is 4.74. The van der Waals surface area contributed by atoms with Crippen LogP contribution >= 0.6 is 22.9 Å². The van der Waals surface area contributed by atoms with E-state index < -0.39 is 18.0 Å².